The molecule has 10 nitrogen and oxygen atoms in total. The van der Waals surface area contributed by atoms with E-state index in [-0.39, 0.29) is 17.6 Å². The molecule has 11 heteroatoms. The van der Waals surface area contributed by atoms with Crippen LogP contribution in [0.2, 0.25) is 0 Å². The smallest absolute Gasteiger partial charge is 0.408 e. The molecule has 3 N–H and O–H groups in total. The van der Waals surface area contributed by atoms with Crippen molar-refractivity contribution in [2.75, 3.05) is 6.54 Å². The average molecular weight is 539 g/mol. The number of nitrogens with one attached hydrogen (secondary N) is 2. The number of sulfonamides is 1. The maximum atomic E-state index is 13.4. The molecule has 4 atom stereocenters. The molecule has 2 heterocycles. The van der Waals surface area contributed by atoms with E-state index in [9.17, 15) is 23.1 Å². The Morgan fingerprint density at radius 1 is 1.16 bits per heavy atom. The summed E-state index contributed by atoms with van der Waals surface area (Å²) in [6, 6.07) is 2.82. The first-order valence-electron chi connectivity index (χ1n) is 13.3. The third-order valence-electron chi connectivity index (χ3n) is 7.06. The van der Waals surface area contributed by atoms with E-state index in [0.717, 1.165) is 25.7 Å². The van der Waals surface area contributed by atoms with Crippen molar-refractivity contribution >= 4 is 22.0 Å². The number of rotatable bonds is 7. The highest BCUT2D eigenvalue weighted by Crippen LogP contribution is 2.28. The van der Waals surface area contributed by atoms with Gasteiger partial charge in [0, 0.05) is 18.8 Å². The van der Waals surface area contributed by atoms with Crippen molar-refractivity contribution in [2.24, 2.45) is 5.92 Å². The number of aliphatic hydroxyl groups excluding tert-OH is 1. The molecule has 0 radical (unpaired) electrons. The minimum Gasteiger partial charge on any atom is -0.444 e. The number of hydrogen-bond donors (Lipinski definition) is 3. The highest BCUT2D eigenvalue weighted by atomic mass is 32.2. The van der Waals surface area contributed by atoms with Crippen LogP contribution in [0.4, 0.5) is 4.79 Å². The van der Waals surface area contributed by atoms with Gasteiger partial charge in [0.25, 0.3) is 10.0 Å². The Bertz CT molecular complexity index is 1010. The molecule has 1 aromatic rings. The largest absolute Gasteiger partial charge is 0.444 e. The first-order chi connectivity index (χ1) is 17.4. The summed E-state index contributed by atoms with van der Waals surface area (Å²) >= 11 is 0. The van der Waals surface area contributed by atoms with Gasteiger partial charge in [0.1, 0.15) is 11.6 Å². The molecular weight excluding hydrogens is 496 g/mol. The highest BCUT2D eigenvalue weighted by Gasteiger charge is 2.38. The fourth-order valence-corrected chi connectivity index (χ4v) is 6.71. The van der Waals surface area contributed by atoms with Gasteiger partial charge in [-0.15, -0.1) is 0 Å². The third kappa shape index (κ3) is 8.38. The van der Waals surface area contributed by atoms with Gasteiger partial charge >= 0.3 is 6.09 Å². The summed E-state index contributed by atoms with van der Waals surface area (Å²) in [5.41, 5.74) is -0.702. The summed E-state index contributed by atoms with van der Waals surface area (Å²) in [6.07, 6.45) is 6.35. The van der Waals surface area contributed by atoms with E-state index in [1.807, 2.05) is 0 Å². The summed E-state index contributed by atoms with van der Waals surface area (Å²) in [5.74, 6) is -0.0771. The standard InChI is InChI=1S/C26H42N4O6S/c1-18-13-14-20(22(31)17-30(18)37(34,35)23-12-8-9-15-27-23)28-24(32)21(16-19-10-6-5-7-11-19)29-25(33)36-26(2,3)4/h8-9,12,15,18-22,31H,5-7,10-11,13-14,16-17H2,1-4H3,(H,28,32)(H,29,33)/t18-,20+,21+,22+/m1/s1. The molecule has 0 spiro atoms. The summed E-state index contributed by atoms with van der Waals surface area (Å²) in [4.78, 5) is 29.9. The molecule has 1 saturated carbocycles. The quantitative estimate of drug-likeness (QED) is 0.485. The van der Waals surface area contributed by atoms with Crippen LogP contribution in [-0.2, 0) is 19.6 Å². The van der Waals surface area contributed by atoms with E-state index in [4.69, 9.17) is 4.74 Å². The molecule has 1 aliphatic heterocycles. The SMILES string of the molecule is C[C@@H]1CC[C@H](NC(=O)[C@H](CC2CCCCC2)NC(=O)OC(C)(C)C)[C@@H](O)CN1S(=O)(=O)c1ccccn1. The fourth-order valence-electron chi connectivity index (χ4n) is 5.09. The second kappa shape index (κ2) is 12.5. The number of carbonyl (C=O) groups excluding carboxylic acids is 2. The zero-order valence-corrected chi connectivity index (χ0v) is 23.2. The lowest BCUT2D eigenvalue weighted by Crippen LogP contribution is -2.54. The normalized spacial score (nSPS) is 25.1. The topological polar surface area (TPSA) is 138 Å². The van der Waals surface area contributed by atoms with Gasteiger partial charge in [0.15, 0.2) is 5.03 Å². The van der Waals surface area contributed by atoms with Gasteiger partial charge in [-0.2, -0.15) is 4.31 Å². The Morgan fingerprint density at radius 2 is 1.86 bits per heavy atom. The van der Waals surface area contributed by atoms with Gasteiger partial charge < -0.3 is 20.5 Å². The summed E-state index contributed by atoms with van der Waals surface area (Å²) < 4.78 is 33.0. The number of pyridine rings is 1. The molecule has 2 fully saturated rings. The fraction of sp³-hybridized carbons (Fsp3) is 0.731. The Labute approximate surface area is 220 Å². The number of aromatic nitrogens is 1. The van der Waals surface area contributed by atoms with E-state index in [1.54, 1.807) is 39.8 Å². The van der Waals surface area contributed by atoms with Gasteiger partial charge in [-0.25, -0.2) is 18.2 Å². The molecule has 0 unspecified atom stereocenters. The predicted octanol–water partition coefficient (Wildman–Crippen LogP) is 2.96. The number of carbonyl (C=O) groups is 2. The van der Waals surface area contributed by atoms with Crippen LogP contribution in [0, 0.1) is 5.92 Å². The van der Waals surface area contributed by atoms with Crippen molar-refractivity contribution in [3.05, 3.63) is 24.4 Å². The number of nitrogens with zero attached hydrogens (tertiary/aromatic N) is 2. The molecule has 1 aromatic heterocycles. The predicted molar refractivity (Wildman–Crippen MR) is 139 cm³/mol. The van der Waals surface area contributed by atoms with Crippen molar-refractivity contribution < 1.29 is 27.9 Å². The van der Waals surface area contributed by atoms with Crippen molar-refractivity contribution in [1.29, 1.82) is 0 Å². The number of aliphatic hydroxyl groups is 1. The minimum atomic E-state index is -3.91. The molecule has 2 amide bonds. The maximum absolute atomic E-state index is 13.4. The van der Waals surface area contributed by atoms with Gasteiger partial charge in [-0.3, -0.25) is 4.79 Å². The van der Waals surface area contributed by atoms with Crippen LogP contribution < -0.4 is 10.6 Å². The van der Waals surface area contributed by atoms with E-state index in [2.05, 4.69) is 15.6 Å². The Balaban J connectivity index is 1.71. The van der Waals surface area contributed by atoms with Crippen LogP contribution in [0.5, 0.6) is 0 Å². The van der Waals surface area contributed by atoms with Crippen molar-refractivity contribution in [2.45, 2.75) is 114 Å². The van der Waals surface area contributed by atoms with Crippen molar-refractivity contribution in [3.63, 3.8) is 0 Å². The maximum Gasteiger partial charge on any atom is 0.408 e. The molecule has 1 saturated heterocycles. The summed E-state index contributed by atoms with van der Waals surface area (Å²) in [6.45, 7) is 6.90. The van der Waals surface area contributed by atoms with Crippen LogP contribution >= 0.6 is 0 Å². The average Bonchev–Trinajstić information content (AvgIpc) is 2.97. The zero-order valence-electron chi connectivity index (χ0n) is 22.4. The lowest BCUT2D eigenvalue weighted by molar-refractivity contribution is -0.125. The minimum absolute atomic E-state index is 0.0781. The molecule has 37 heavy (non-hydrogen) atoms. The number of alkyl carbamates (subject to hydrolysis) is 1. The lowest BCUT2D eigenvalue weighted by Gasteiger charge is -2.30. The number of hydrogen-bond acceptors (Lipinski definition) is 7. The monoisotopic (exact) mass is 538 g/mol. The number of amides is 2. The Hall–Kier alpha value is -2.24. The van der Waals surface area contributed by atoms with E-state index in [1.165, 1.54) is 23.0 Å². The Morgan fingerprint density at radius 3 is 2.49 bits per heavy atom. The van der Waals surface area contributed by atoms with Crippen LogP contribution in [0.15, 0.2) is 29.4 Å². The second-order valence-electron chi connectivity index (χ2n) is 11.3. The second-order valence-corrected chi connectivity index (χ2v) is 13.1. The number of ether oxygens (including phenoxy) is 1. The molecule has 2 aliphatic rings. The van der Waals surface area contributed by atoms with Crippen LogP contribution in [0.1, 0.15) is 79.1 Å². The molecule has 1 aliphatic carbocycles. The summed E-state index contributed by atoms with van der Waals surface area (Å²) in [5, 5.41) is 16.5. The first-order valence-corrected chi connectivity index (χ1v) is 14.7. The molecule has 0 bridgehead atoms. The first kappa shape index (κ1) is 29.3. The van der Waals surface area contributed by atoms with Crippen molar-refractivity contribution in [3.8, 4) is 0 Å². The van der Waals surface area contributed by atoms with E-state index in [0.29, 0.717) is 25.2 Å². The molecule has 3 rings (SSSR count). The van der Waals surface area contributed by atoms with Gasteiger partial charge in [0.2, 0.25) is 5.91 Å². The molecular formula is C26H42N4O6S. The van der Waals surface area contributed by atoms with Crippen LogP contribution in [0.3, 0.4) is 0 Å². The van der Waals surface area contributed by atoms with Gasteiger partial charge in [-0.1, -0.05) is 38.2 Å². The highest BCUT2D eigenvalue weighted by molar-refractivity contribution is 7.89. The summed E-state index contributed by atoms with van der Waals surface area (Å²) in [7, 11) is -3.91. The third-order valence-corrected chi connectivity index (χ3v) is 8.95. The lowest BCUT2D eigenvalue weighted by atomic mass is 9.84. The van der Waals surface area contributed by atoms with Crippen LogP contribution in [0.25, 0.3) is 0 Å². The Kier molecular flexibility index (Phi) is 9.93. The number of β-amino-alcohol motifs (C(OH)–C–C–N with tert-alkyl or cyclic N) is 1. The molecule has 0 aromatic carbocycles. The molecule has 208 valence electrons. The van der Waals surface area contributed by atoms with Gasteiger partial charge in [0.05, 0.1) is 12.1 Å². The van der Waals surface area contributed by atoms with Gasteiger partial charge in [-0.05, 0) is 65.0 Å². The van der Waals surface area contributed by atoms with Crippen molar-refractivity contribution in [1.82, 2.24) is 19.9 Å². The van der Waals surface area contributed by atoms with E-state index >= 15 is 0 Å². The van der Waals surface area contributed by atoms with E-state index < -0.39 is 45.8 Å². The van der Waals surface area contributed by atoms with Crippen LogP contribution in [-0.4, -0.2) is 71.2 Å². The zero-order chi connectivity index (χ0) is 27.2.